The summed E-state index contributed by atoms with van der Waals surface area (Å²) >= 11 is 0. The predicted molar refractivity (Wildman–Crippen MR) is 417 cm³/mol. The third-order valence-corrected chi connectivity index (χ3v) is 18.0. The Balaban J connectivity index is 3.99. The van der Waals surface area contributed by atoms with Crippen molar-refractivity contribution in [2.75, 3.05) is 47.5 Å². The van der Waals surface area contributed by atoms with Gasteiger partial charge in [0, 0.05) is 12.8 Å². The summed E-state index contributed by atoms with van der Waals surface area (Å²) in [5.41, 5.74) is 0. The second-order valence-electron chi connectivity index (χ2n) is 28.7. The summed E-state index contributed by atoms with van der Waals surface area (Å²) in [4.78, 5) is 37.6. The van der Waals surface area contributed by atoms with E-state index in [1.165, 1.54) is 257 Å². The van der Waals surface area contributed by atoms with Crippen molar-refractivity contribution < 1.29 is 42.9 Å². The van der Waals surface area contributed by atoms with Crippen LogP contribution >= 0.6 is 0 Å². The average Bonchev–Trinajstić information content (AvgIpc) is 2.39. The molecule has 97 heavy (non-hydrogen) atoms. The van der Waals surface area contributed by atoms with E-state index in [9.17, 15) is 19.5 Å². The number of unbranched alkanes of at least 4 members (excludes halogenated alkanes) is 43. The monoisotopic (exact) mass is 1350 g/mol. The van der Waals surface area contributed by atoms with Gasteiger partial charge in [0.25, 0.3) is 0 Å². The van der Waals surface area contributed by atoms with E-state index in [1.54, 1.807) is 0 Å². The van der Waals surface area contributed by atoms with Gasteiger partial charge in [-0.3, -0.25) is 9.59 Å². The number of carbonyl (C=O) groups excluding carboxylic acids is 3. The van der Waals surface area contributed by atoms with Crippen LogP contribution in [0.5, 0.6) is 0 Å². The van der Waals surface area contributed by atoms with Gasteiger partial charge >= 0.3 is 11.9 Å². The molecule has 0 saturated heterocycles. The van der Waals surface area contributed by atoms with Crippen molar-refractivity contribution in [3.05, 3.63) is 109 Å². The lowest BCUT2D eigenvalue weighted by Crippen LogP contribution is -2.44. The maximum atomic E-state index is 13.0. The van der Waals surface area contributed by atoms with Crippen LogP contribution < -0.4 is 5.11 Å². The van der Waals surface area contributed by atoms with Crippen molar-refractivity contribution in [1.29, 1.82) is 0 Å². The van der Waals surface area contributed by atoms with E-state index in [2.05, 4.69) is 123 Å². The Labute approximate surface area is 600 Å². The van der Waals surface area contributed by atoms with Crippen molar-refractivity contribution in [1.82, 2.24) is 0 Å². The summed E-state index contributed by atoms with van der Waals surface area (Å²) in [6, 6.07) is 0. The van der Waals surface area contributed by atoms with Crippen LogP contribution in [-0.2, 0) is 33.3 Å². The molecule has 0 spiro atoms. The van der Waals surface area contributed by atoms with Crippen molar-refractivity contribution in [2.24, 2.45) is 0 Å². The predicted octanol–water partition coefficient (Wildman–Crippen LogP) is 25.1. The van der Waals surface area contributed by atoms with E-state index < -0.39 is 24.3 Å². The minimum atomic E-state index is -1.62. The summed E-state index contributed by atoms with van der Waals surface area (Å²) in [5, 5.41) is 11.9. The molecule has 0 aromatic rings. The molecule has 2 atom stereocenters. The number of hydrogen-bond donors (Lipinski definition) is 0. The van der Waals surface area contributed by atoms with E-state index in [-0.39, 0.29) is 32.2 Å². The molecular formula is C88H155NO8. The molecule has 0 aliphatic rings. The van der Waals surface area contributed by atoms with E-state index >= 15 is 0 Å². The van der Waals surface area contributed by atoms with Crippen LogP contribution in [-0.4, -0.2) is 82.3 Å². The first-order chi connectivity index (χ1) is 47.6. The molecule has 0 N–H and O–H groups in total. The highest BCUT2D eigenvalue weighted by Crippen LogP contribution is 2.19. The van der Waals surface area contributed by atoms with Crippen LogP contribution in [0, 0.1) is 0 Å². The van der Waals surface area contributed by atoms with Crippen LogP contribution in [0.2, 0.25) is 0 Å². The van der Waals surface area contributed by atoms with Crippen LogP contribution in [0.3, 0.4) is 0 Å². The molecule has 2 unspecified atom stereocenters. The van der Waals surface area contributed by atoms with Crippen molar-refractivity contribution in [3.63, 3.8) is 0 Å². The Morgan fingerprint density at radius 3 is 0.876 bits per heavy atom. The maximum Gasteiger partial charge on any atom is 0.306 e. The van der Waals surface area contributed by atoms with E-state index in [1.807, 2.05) is 21.1 Å². The molecule has 0 rings (SSSR count). The standard InChI is InChI=1S/C88H155NO8/c1-6-8-10-12-14-16-18-20-22-24-26-28-30-32-34-36-38-40-41-42-43-44-45-47-49-51-53-55-57-59-61-63-65-67-69-71-73-75-77-79-86(91)97-84(83-96-88(87(92)93)94-81-80-89(3,4)5)82-95-85(90)78-76-74-72-70-68-66-64-62-60-58-56-54-52-50-48-46-39-37-35-33-31-29-27-25-23-21-19-17-15-13-11-9-7-2/h8,10,14,16,19-22,25-28,31-34,38,40,84,88H,6-7,9,11-13,15,17-18,23-24,29-30,35-37,39,41-83H2,1-5H3/b10-8-,16-14-,21-19-,22-20-,27-25-,28-26-,33-31-,34-32-,40-38-. The number of quaternary nitrogens is 1. The molecule has 9 heteroatoms. The molecule has 0 bridgehead atoms. The lowest BCUT2D eigenvalue weighted by molar-refractivity contribution is -0.870. The smallest absolute Gasteiger partial charge is 0.306 e. The first-order valence-electron chi connectivity index (χ1n) is 41.0. The Hall–Kier alpha value is -4.05. The fourth-order valence-corrected chi connectivity index (χ4v) is 11.8. The zero-order valence-corrected chi connectivity index (χ0v) is 64.2. The number of allylic oxidation sites excluding steroid dienone is 18. The molecule has 0 aliphatic heterocycles. The van der Waals surface area contributed by atoms with Gasteiger partial charge in [0.05, 0.1) is 40.3 Å². The quantitative estimate of drug-likeness (QED) is 0.0195. The van der Waals surface area contributed by atoms with Gasteiger partial charge in [0.2, 0.25) is 0 Å². The fraction of sp³-hybridized carbons (Fsp3) is 0.761. The van der Waals surface area contributed by atoms with E-state index in [0.29, 0.717) is 23.9 Å². The maximum absolute atomic E-state index is 13.0. The van der Waals surface area contributed by atoms with Crippen LogP contribution in [0.4, 0.5) is 0 Å². The number of esters is 2. The Bertz CT molecular complexity index is 1970. The number of carboxylic acids is 1. The largest absolute Gasteiger partial charge is 0.545 e. The highest BCUT2D eigenvalue weighted by atomic mass is 16.7. The topological polar surface area (TPSA) is 111 Å². The molecule has 0 aromatic carbocycles. The number of rotatable bonds is 76. The fourth-order valence-electron chi connectivity index (χ4n) is 11.8. The zero-order chi connectivity index (χ0) is 70.4. The Morgan fingerprint density at radius 1 is 0.320 bits per heavy atom. The second-order valence-corrected chi connectivity index (χ2v) is 28.7. The first-order valence-corrected chi connectivity index (χ1v) is 41.0. The van der Waals surface area contributed by atoms with Gasteiger partial charge in [-0.05, 0) is 103 Å². The third-order valence-electron chi connectivity index (χ3n) is 18.0. The second kappa shape index (κ2) is 77.7. The number of hydrogen-bond acceptors (Lipinski definition) is 8. The van der Waals surface area contributed by atoms with Gasteiger partial charge in [-0.2, -0.15) is 0 Å². The highest BCUT2D eigenvalue weighted by molar-refractivity contribution is 5.70. The molecule has 9 nitrogen and oxygen atoms in total. The molecule has 560 valence electrons. The van der Waals surface area contributed by atoms with Gasteiger partial charge in [0.1, 0.15) is 13.2 Å². The Kier molecular flexibility index (Phi) is 74.4. The summed E-state index contributed by atoms with van der Waals surface area (Å²) in [7, 11) is 5.95. The minimum absolute atomic E-state index is 0.147. The van der Waals surface area contributed by atoms with Crippen LogP contribution in [0.15, 0.2) is 109 Å². The number of aliphatic carboxylic acids is 1. The number of carbonyl (C=O) groups is 3. The number of likely N-dealkylation sites (N-methyl/N-ethyl adjacent to an activating group) is 1. The highest BCUT2D eigenvalue weighted by Gasteiger charge is 2.22. The molecule has 0 heterocycles. The van der Waals surface area contributed by atoms with Crippen molar-refractivity contribution in [2.45, 2.75) is 386 Å². The zero-order valence-electron chi connectivity index (χ0n) is 64.2. The van der Waals surface area contributed by atoms with Crippen molar-refractivity contribution >= 4 is 17.9 Å². The van der Waals surface area contributed by atoms with Gasteiger partial charge in [0.15, 0.2) is 12.4 Å². The molecule has 0 aromatic heterocycles. The number of ether oxygens (including phenoxy) is 4. The molecular weight excluding hydrogens is 1200 g/mol. The Morgan fingerprint density at radius 2 is 0.588 bits per heavy atom. The SMILES string of the molecule is CC/C=C\C/C=C\C/C=C\C/C=C\C/C=C\C/C=C\CCCCCCCCCCCCCCCCCCCCCCC(=O)OC(COC(=O)CCCCCCCCCCCCCCCCCCCC/C=C\C/C=C\C/C=C\CCCCCCC)COC(OCC[N+](C)(C)C)C(=O)[O-]. The molecule has 0 radical (unpaired) electrons. The van der Waals surface area contributed by atoms with E-state index in [4.69, 9.17) is 18.9 Å². The van der Waals surface area contributed by atoms with E-state index in [0.717, 1.165) is 83.5 Å². The summed E-state index contributed by atoms with van der Waals surface area (Å²) in [6.45, 7) is 4.67. The third kappa shape index (κ3) is 79.2. The van der Waals surface area contributed by atoms with Gasteiger partial charge in [-0.15, -0.1) is 0 Å². The summed E-state index contributed by atoms with van der Waals surface area (Å²) in [6.07, 6.45) is 106. The van der Waals surface area contributed by atoms with Crippen LogP contribution in [0.1, 0.15) is 373 Å². The molecule has 0 amide bonds. The summed E-state index contributed by atoms with van der Waals surface area (Å²) in [5.74, 6) is -2.26. The van der Waals surface area contributed by atoms with Crippen LogP contribution in [0.25, 0.3) is 0 Å². The molecule has 0 aliphatic carbocycles. The summed E-state index contributed by atoms with van der Waals surface area (Å²) < 4.78 is 22.9. The average molecular weight is 1360 g/mol. The lowest BCUT2D eigenvalue weighted by atomic mass is 10.0. The van der Waals surface area contributed by atoms with Gasteiger partial charge in [-0.1, -0.05) is 367 Å². The van der Waals surface area contributed by atoms with Gasteiger partial charge < -0.3 is 33.3 Å². The molecule has 0 fully saturated rings. The normalized spacial score (nSPS) is 13.2. The lowest BCUT2D eigenvalue weighted by Gasteiger charge is -2.26. The minimum Gasteiger partial charge on any atom is -0.545 e. The van der Waals surface area contributed by atoms with Crippen molar-refractivity contribution in [3.8, 4) is 0 Å². The van der Waals surface area contributed by atoms with Gasteiger partial charge in [-0.25, -0.2) is 0 Å². The first kappa shape index (κ1) is 93.0. The molecule has 0 saturated carbocycles. The number of nitrogens with zero attached hydrogens (tertiary/aromatic N) is 1. The number of carboxylic acid groups (broad SMARTS) is 1.